The maximum atomic E-state index is 3.41. The zero-order valence-electron chi connectivity index (χ0n) is 9.64. The van der Waals surface area contributed by atoms with Crippen LogP contribution >= 0.6 is 0 Å². The van der Waals surface area contributed by atoms with Crippen molar-refractivity contribution in [3.8, 4) is 0 Å². The van der Waals surface area contributed by atoms with Gasteiger partial charge in [-0.05, 0) is 29.2 Å². The SMILES string of the molecule is C(=Cc1ccccc1)=C1C[C@H]1c1ccccc1. The fraction of sp³-hybridized carbons (Fsp3) is 0.118. The highest BCUT2D eigenvalue weighted by atomic mass is 14.3. The third-order valence-electron chi connectivity index (χ3n) is 3.11. The molecule has 1 saturated carbocycles. The fourth-order valence-electron chi connectivity index (χ4n) is 2.05. The molecule has 1 aliphatic rings. The van der Waals surface area contributed by atoms with Gasteiger partial charge in [0.15, 0.2) is 0 Å². The van der Waals surface area contributed by atoms with E-state index in [9.17, 15) is 0 Å². The molecule has 0 radical (unpaired) electrons. The molecular formula is C17H14. The van der Waals surface area contributed by atoms with Crippen LogP contribution in [-0.2, 0) is 0 Å². The largest absolute Gasteiger partial charge is 0.120 e. The first-order valence-corrected chi connectivity index (χ1v) is 5.99. The zero-order chi connectivity index (χ0) is 11.5. The van der Waals surface area contributed by atoms with Gasteiger partial charge in [0.1, 0.15) is 0 Å². The van der Waals surface area contributed by atoms with Crippen molar-refractivity contribution in [2.75, 3.05) is 0 Å². The Morgan fingerprint density at radius 3 is 2.24 bits per heavy atom. The molecule has 0 nitrogen and oxygen atoms in total. The summed E-state index contributed by atoms with van der Waals surface area (Å²) in [6.07, 6.45) is 3.24. The van der Waals surface area contributed by atoms with Gasteiger partial charge in [0.25, 0.3) is 0 Å². The lowest BCUT2D eigenvalue weighted by atomic mass is 10.1. The zero-order valence-corrected chi connectivity index (χ0v) is 9.64. The Hall–Kier alpha value is -2.04. The number of allylic oxidation sites excluding steroid dienone is 1. The van der Waals surface area contributed by atoms with Crippen LogP contribution in [0.3, 0.4) is 0 Å². The highest BCUT2D eigenvalue weighted by Gasteiger charge is 2.30. The Morgan fingerprint density at radius 2 is 1.53 bits per heavy atom. The minimum atomic E-state index is 0.608. The summed E-state index contributed by atoms with van der Waals surface area (Å²) >= 11 is 0. The highest BCUT2D eigenvalue weighted by Crippen LogP contribution is 2.45. The van der Waals surface area contributed by atoms with Crippen LogP contribution in [0, 0.1) is 0 Å². The molecule has 2 aromatic rings. The van der Waals surface area contributed by atoms with Crippen LogP contribution < -0.4 is 0 Å². The van der Waals surface area contributed by atoms with Crippen LogP contribution in [0.5, 0.6) is 0 Å². The number of rotatable bonds is 2. The first-order chi connectivity index (χ1) is 8.43. The second-order valence-corrected chi connectivity index (χ2v) is 4.39. The Morgan fingerprint density at radius 1 is 0.882 bits per heavy atom. The summed E-state index contributed by atoms with van der Waals surface area (Å²) in [4.78, 5) is 0. The molecule has 0 bridgehead atoms. The van der Waals surface area contributed by atoms with Crippen LogP contribution in [0.2, 0.25) is 0 Å². The second kappa shape index (κ2) is 4.45. The van der Waals surface area contributed by atoms with E-state index in [-0.39, 0.29) is 0 Å². The molecule has 0 saturated heterocycles. The van der Waals surface area contributed by atoms with E-state index in [0.29, 0.717) is 5.92 Å². The van der Waals surface area contributed by atoms with Crippen LogP contribution in [0.15, 0.2) is 72.0 Å². The van der Waals surface area contributed by atoms with Crippen LogP contribution in [0.4, 0.5) is 0 Å². The van der Waals surface area contributed by atoms with E-state index in [1.165, 1.54) is 16.7 Å². The Bertz CT molecular complexity index is 558. The Labute approximate surface area is 102 Å². The van der Waals surface area contributed by atoms with E-state index in [1.807, 2.05) is 6.07 Å². The minimum Gasteiger partial charge on any atom is -0.120 e. The molecule has 1 fully saturated rings. The van der Waals surface area contributed by atoms with Crippen LogP contribution in [0.1, 0.15) is 23.5 Å². The average Bonchev–Trinajstić information content (AvgIpc) is 3.18. The van der Waals surface area contributed by atoms with Gasteiger partial charge in [0, 0.05) is 5.92 Å². The van der Waals surface area contributed by atoms with Crippen molar-refractivity contribution in [2.24, 2.45) is 0 Å². The molecule has 0 heterocycles. The first kappa shape index (κ1) is 10.1. The topological polar surface area (TPSA) is 0 Å². The molecule has 0 N–H and O–H groups in total. The number of hydrogen-bond acceptors (Lipinski definition) is 0. The molecule has 0 aliphatic heterocycles. The monoisotopic (exact) mass is 218 g/mol. The van der Waals surface area contributed by atoms with Gasteiger partial charge >= 0.3 is 0 Å². The molecule has 17 heavy (non-hydrogen) atoms. The van der Waals surface area contributed by atoms with Crippen LogP contribution in [-0.4, -0.2) is 0 Å². The summed E-state index contributed by atoms with van der Waals surface area (Å²) < 4.78 is 0. The smallest absolute Gasteiger partial charge is 0.0168 e. The van der Waals surface area contributed by atoms with Crippen molar-refractivity contribution in [3.05, 3.63) is 83.1 Å². The van der Waals surface area contributed by atoms with Gasteiger partial charge in [0.2, 0.25) is 0 Å². The predicted molar refractivity (Wildman–Crippen MR) is 71.7 cm³/mol. The highest BCUT2D eigenvalue weighted by molar-refractivity contribution is 5.52. The number of hydrogen-bond donors (Lipinski definition) is 0. The third-order valence-corrected chi connectivity index (χ3v) is 3.11. The van der Waals surface area contributed by atoms with Gasteiger partial charge in [-0.25, -0.2) is 0 Å². The lowest BCUT2D eigenvalue weighted by molar-refractivity contribution is 1.16. The lowest BCUT2D eigenvalue weighted by Gasteiger charge is -1.92. The van der Waals surface area contributed by atoms with Gasteiger partial charge in [-0.15, -0.1) is 5.73 Å². The summed E-state index contributed by atoms with van der Waals surface area (Å²) in [6, 6.07) is 21.0. The fourth-order valence-corrected chi connectivity index (χ4v) is 2.05. The standard InChI is InChI=1S/C17H14/c1-3-7-14(8-4-1)11-12-16-13-17(16)15-9-5-2-6-10-15/h1-11,17H,13H2/t12?,17-/m0/s1. The maximum absolute atomic E-state index is 3.41. The second-order valence-electron chi connectivity index (χ2n) is 4.39. The Balaban J connectivity index is 1.79. The van der Waals surface area contributed by atoms with Crippen molar-refractivity contribution in [2.45, 2.75) is 12.3 Å². The molecule has 1 atom stereocenters. The minimum absolute atomic E-state index is 0.608. The molecule has 1 aliphatic carbocycles. The van der Waals surface area contributed by atoms with Gasteiger partial charge in [-0.1, -0.05) is 60.7 Å². The van der Waals surface area contributed by atoms with Gasteiger partial charge in [-0.2, -0.15) is 0 Å². The predicted octanol–water partition coefficient (Wildman–Crippen LogP) is 4.41. The summed E-state index contributed by atoms with van der Waals surface area (Å²) in [5.41, 5.74) is 7.46. The first-order valence-electron chi connectivity index (χ1n) is 5.99. The Kier molecular flexibility index (Phi) is 2.65. The summed E-state index contributed by atoms with van der Waals surface area (Å²) in [6.45, 7) is 0. The molecule has 0 heteroatoms. The van der Waals surface area contributed by atoms with E-state index in [0.717, 1.165) is 6.42 Å². The van der Waals surface area contributed by atoms with Crippen molar-refractivity contribution in [3.63, 3.8) is 0 Å². The molecule has 0 unspecified atom stereocenters. The average molecular weight is 218 g/mol. The molecule has 2 aromatic carbocycles. The van der Waals surface area contributed by atoms with Crippen LogP contribution in [0.25, 0.3) is 6.08 Å². The summed E-state index contributed by atoms with van der Waals surface area (Å²) in [5.74, 6) is 0.608. The number of benzene rings is 2. The molecule has 82 valence electrons. The van der Waals surface area contributed by atoms with Crippen molar-refractivity contribution < 1.29 is 0 Å². The lowest BCUT2D eigenvalue weighted by Crippen LogP contribution is -1.75. The summed E-state index contributed by atoms with van der Waals surface area (Å²) in [7, 11) is 0. The van der Waals surface area contributed by atoms with Gasteiger partial charge in [0.05, 0.1) is 0 Å². The summed E-state index contributed by atoms with van der Waals surface area (Å²) in [5, 5.41) is 0. The van der Waals surface area contributed by atoms with Crippen molar-refractivity contribution >= 4 is 6.08 Å². The van der Waals surface area contributed by atoms with E-state index >= 15 is 0 Å². The molecule has 0 spiro atoms. The molecule has 0 aromatic heterocycles. The van der Waals surface area contributed by atoms with E-state index in [4.69, 9.17) is 0 Å². The van der Waals surface area contributed by atoms with Gasteiger partial charge < -0.3 is 0 Å². The van der Waals surface area contributed by atoms with Gasteiger partial charge in [-0.3, -0.25) is 0 Å². The van der Waals surface area contributed by atoms with E-state index < -0.39 is 0 Å². The van der Waals surface area contributed by atoms with Crippen molar-refractivity contribution in [1.82, 2.24) is 0 Å². The quantitative estimate of drug-likeness (QED) is 0.655. The third kappa shape index (κ3) is 2.38. The van der Waals surface area contributed by atoms with E-state index in [1.54, 1.807) is 0 Å². The van der Waals surface area contributed by atoms with E-state index in [2.05, 4.69) is 66.4 Å². The normalized spacial score (nSPS) is 17.4. The van der Waals surface area contributed by atoms with Crippen molar-refractivity contribution in [1.29, 1.82) is 0 Å². The molecule has 0 amide bonds. The maximum Gasteiger partial charge on any atom is 0.0168 e. The molecular weight excluding hydrogens is 204 g/mol. The molecule has 3 rings (SSSR count).